The van der Waals surface area contributed by atoms with Crippen molar-refractivity contribution >= 4 is 5.91 Å². The zero-order chi connectivity index (χ0) is 13.8. The van der Waals surface area contributed by atoms with Crippen LogP contribution >= 0.6 is 0 Å². The topological polar surface area (TPSA) is 101 Å². The Morgan fingerprint density at radius 2 is 2.26 bits per heavy atom. The second kappa shape index (κ2) is 6.08. The fraction of sp³-hybridized carbons (Fsp3) is 0.615. The van der Waals surface area contributed by atoms with Gasteiger partial charge in [0.25, 0.3) is 0 Å². The Labute approximate surface area is 112 Å². The van der Waals surface area contributed by atoms with Gasteiger partial charge in [-0.2, -0.15) is 0 Å². The van der Waals surface area contributed by atoms with Gasteiger partial charge in [-0.15, -0.1) is 0 Å². The molecule has 19 heavy (non-hydrogen) atoms. The molecule has 104 valence electrons. The average Bonchev–Trinajstić information content (AvgIpc) is 2.41. The summed E-state index contributed by atoms with van der Waals surface area (Å²) in [4.78, 5) is 20.3. The minimum atomic E-state index is -0.580. The van der Waals surface area contributed by atoms with Crippen LogP contribution in [0.5, 0.6) is 0 Å². The number of carbonyl (C=O) groups excluding carboxylic acids is 1. The fourth-order valence-electron chi connectivity index (χ4n) is 2.24. The number of hydrogen-bond acceptors (Lipinski definition) is 5. The van der Waals surface area contributed by atoms with Gasteiger partial charge in [0.05, 0.1) is 30.2 Å². The van der Waals surface area contributed by atoms with Crippen LogP contribution in [0.2, 0.25) is 0 Å². The van der Waals surface area contributed by atoms with Crippen molar-refractivity contribution < 1.29 is 9.90 Å². The highest BCUT2D eigenvalue weighted by Gasteiger charge is 2.30. The van der Waals surface area contributed by atoms with Crippen molar-refractivity contribution in [1.82, 2.24) is 15.3 Å². The van der Waals surface area contributed by atoms with Crippen molar-refractivity contribution in [3.8, 4) is 0 Å². The maximum absolute atomic E-state index is 12.0. The number of nitrogens with one attached hydrogen (secondary N) is 1. The highest BCUT2D eigenvalue weighted by molar-refractivity contribution is 5.78. The van der Waals surface area contributed by atoms with Crippen molar-refractivity contribution in [2.24, 2.45) is 11.7 Å². The first kappa shape index (κ1) is 13.9. The van der Waals surface area contributed by atoms with Gasteiger partial charge in [0.1, 0.15) is 0 Å². The molecule has 3 atom stereocenters. The molecule has 0 radical (unpaired) electrons. The van der Waals surface area contributed by atoms with Gasteiger partial charge in [-0.3, -0.25) is 14.8 Å². The van der Waals surface area contributed by atoms with Crippen LogP contribution in [0.25, 0.3) is 0 Å². The Kier molecular flexibility index (Phi) is 4.44. The molecule has 1 amide bonds. The van der Waals surface area contributed by atoms with E-state index >= 15 is 0 Å². The first-order chi connectivity index (χ1) is 9.06. The predicted octanol–water partition coefficient (Wildman–Crippen LogP) is -0.110. The molecule has 6 nitrogen and oxygen atoms in total. The number of aryl methyl sites for hydroxylation is 1. The molecule has 1 aromatic heterocycles. The smallest absolute Gasteiger partial charge is 0.223 e. The summed E-state index contributed by atoms with van der Waals surface area (Å²) < 4.78 is 0. The van der Waals surface area contributed by atoms with Crippen LogP contribution in [0.1, 0.15) is 30.7 Å². The van der Waals surface area contributed by atoms with E-state index in [2.05, 4.69) is 15.3 Å². The van der Waals surface area contributed by atoms with E-state index in [-0.39, 0.29) is 17.9 Å². The lowest BCUT2D eigenvalue weighted by molar-refractivity contribution is -0.127. The van der Waals surface area contributed by atoms with E-state index in [9.17, 15) is 9.90 Å². The lowest BCUT2D eigenvalue weighted by Gasteiger charge is -2.29. The summed E-state index contributed by atoms with van der Waals surface area (Å²) in [5, 5.41) is 12.5. The van der Waals surface area contributed by atoms with E-state index in [1.165, 1.54) is 0 Å². The molecule has 0 spiro atoms. The summed E-state index contributed by atoms with van der Waals surface area (Å²) in [6, 6.07) is -0.202. The molecule has 0 saturated heterocycles. The minimum Gasteiger partial charge on any atom is -0.391 e. The number of carbonyl (C=O) groups is 1. The number of aromatic nitrogens is 2. The van der Waals surface area contributed by atoms with E-state index in [1.54, 1.807) is 12.4 Å². The molecule has 1 saturated carbocycles. The Balaban J connectivity index is 1.83. The molecule has 0 bridgehead atoms. The van der Waals surface area contributed by atoms with E-state index in [4.69, 9.17) is 5.73 Å². The number of aliphatic hydroxyl groups excluding tert-OH is 1. The number of nitrogens with zero attached hydrogens (tertiary/aromatic N) is 2. The van der Waals surface area contributed by atoms with Crippen molar-refractivity contribution in [3.63, 3.8) is 0 Å². The van der Waals surface area contributed by atoms with Crippen molar-refractivity contribution in [2.75, 3.05) is 0 Å². The Morgan fingerprint density at radius 1 is 1.47 bits per heavy atom. The third-order valence-electron chi connectivity index (χ3n) is 3.52. The molecule has 0 aliphatic heterocycles. The van der Waals surface area contributed by atoms with Crippen LogP contribution in [-0.4, -0.2) is 33.1 Å². The number of amides is 1. The van der Waals surface area contributed by atoms with Gasteiger partial charge in [0, 0.05) is 18.2 Å². The lowest BCUT2D eigenvalue weighted by atomic mass is 9.84. The van der Waals surface area contributed by atoms with Crippen molar-refractivity contribution in [1.29, 1.82) is 0 Å². The van der Waals surface area contributed by atoms with Gasteiger partial charge in [-0.25, -0.2) is 0 Å². The number of nitrogens with two attached hydrogens (primary N) is 1. The predicted molar refractivity (Wildman–Crippen MR) is 69.9 cm³/mol. The molecule has 0 aromatic carbocycles. The second-order valence-corrected chi connectivity index (χ2v) is 5.11. The maximum Gasteiger partial charge on any atom is 0.223 e. The zero-order valence-corrected chi connectivity index (χ0v) is 11.0. The molecule has 1 aromatic rings. The monoisotopic (exact) mass is 264 g/mol. The van der Waals surface area contributed by atoms with Crippen LogP contribution in [0, 0.1) is 12.8 Å². The van der Waals surface area contributed by atoms with Crippen LogP contribution in [-0.2, 0) is 11.3 Å². The Hall–Kier alpha value is -1.53. The first-order valence-electron chi connectivity index (χ1n) is 6.55. The Morgan fingerprint density at radius 3 is 2.89 bits per heavy atom. The van der Waals surface area contributed by atoms with Gasteiger partial charge >= 0.3 is 0 Å². The molecule has 0 unspecified atom stereocenters. The van der Waals surface area contributed by atoms with Crippen LogP contribution < -0.4 is 11.1 Å². The summed E-state index contributed by atoms with van der Waals surface area (Å²) in [7, 11) is 0. The van der Waals surface area contributed by atoms with Gasteiger partial charge < -0.3 is 16.2 Å². The van der Waals surface area contributed by atoms with Crippen LogP contribution in [0.4, 0.5) is 0 Å². The molecular weight excluding hydrogens is 244 g/mol. The molecule has 6 heteroatoms. The van der Waals surface area contributed by atoms with E-state index in [0.717, 1.165) is 17.8 Å². The normalized spacial score (nSPS) is 27.0. The average molecular weight is 264 g/mol. The lowest BCUT2D eigenvalue weighted by Crippen LogP contribution is -2.44. The number of hydrogen-bond donors (Lipinski definition) is 3. The molecule has 1 fully saturated rings. The van der Waals surface area contributed by atoms with E-state index in [1.807, 2.05) is 6.92 Å². The van der Waals surface area contributed by atoms with Gasteiger partial charge in [-0.1, -0.05) is 0 Å². The minimum absolute atomic E-state index is 0.0478. The second-order valence-electron chi connectivity index (χ2n) is 5.11. The van der Waals surface area contributed by atoms with Gasteiger partial charge in [0.15, 0.2) is 0 Å². The van der Waals surface area contributed by atoms with Crippen LogP contribution in [0.15, 0.2) is 12.4 Å². The molecule has 4 N–H and O–H groups in total. The molecule has 1 heterocycles. The van der Waals surface area contributed by atoms with Crippen LogP contribution in [0.3, 0.4) is 0 Å². The van der Waals surface area contributed by atoms with Gasteiger partial charge in [-0.05, 0) is 26.2 Å². The van der Waals surface area contributed by atoms with Crippen molar-refractivity contribution in [2.45, 2.75) is 44.9 Å². The number of rotatable bonds is 3. The number of aliphatic hydroxyl groups is 1. The summed E-state index contributed by atoms with van der Waals surface area (Å²) in [6.07, 6.45) is 4.59. The highest BCUT2D eigenvalue weighted by Crippen LogP contribution is 2.23. The third kappa shape index (κ3) is 3.71. The SMILES string of the molecule is Cc1cnc(CNC(=O)[C@H]2CC[C@@H](N)[C@H](O)C2)cn1. The Bertz CT molecular complexity index is 435. The molecule has 1 aliphatic rings. The highest BCUT2D eigenvalue weighted by atomic mass is 16.3. The summed E-state index contributed by atoms with van der Waals surface area (Å²) in [5.41, 5.74) is 7.30. The van der Waals surface area contributed by atoms with E-state index in [0.29, 0.717) is 19.4 Å². The first-order valence-corrected chi connectivity index (χ1v) is 6.55. The summed E-state index contributed by atoms with van der Waals surface area (Å²) in [6.45, 7) is 2.23. The maximum atomic E-state index is 12.0. The standard InChI is InChI=1S/C13H20N4O2/c1-8-5-16-10(6-15-8)7-17-13(19)9-2-3-11(14)12(18)4-9/h5-6,9,11-12,18H,2-4,7,14H2,1H3,(H,17,19)/t9-,11+,12+/m0/s1. The summed E-state index contributed by atoms with van der Waals surface area (Å²) >= 11 is 0. The van der Waals surface area contributed by atoms with Crippen molar-refractivity contribution in [3.05, 3.63) is 23.8 Å². The zero-order valence-electron chi connectivity index (χ0n) is 11.0. The summed E-state index contributed by atoms with van der Waals surface area (Å²) in [5.74, 6) is -0.207. The quantitative estimate of drug-likeness (QED) is 0.707. The largest absolute Gasteiger partial charge is 0.391 e. The molecular formula is C13H20N4O2. The molecule has 2 rings (SSSR count). The fourth-order valence-corrected chi connectivity index (χ4v) is 2.24. The molecule has 1 aliphatic carbocycles. The van der Waals surface area contributed by atoms with Gasteiger partial charge in [0.2, 0.25) is 5.91 Å². The van der Waals surface area contributed by atoms with E-state index < -0.39 is 6.10 Å². The third-order valence-corrected chi connectivity index (χ3v) is 3.52.